The molecule has 2 nitrogen and oxygen atoms in total. The van der Waals surface area contributed by atoms with Crippen molar-refractivity contribution in [1.29, 1.82) is 0 Å². The first-order chi connectivity index (χ1) is 6.20. The molecule has 1 aromatic carbocycles. The molecule has 13 heavy (non-hydrogen) atoms. The van der Waals surface area contributed by atoms with Crippen molar-refractivity contribution in [2.24, 2.45) is 0 Å². The first kappa shape index (κ1) is 9.39. The molecule has 0 bridgehead atoms. The Morgan fingerprint density at radius 3 is 2.38 bits per heavy atom. The van der Waals surface area contributed by atoms with Crippen molar-refractivity contribution >= 4 is 5.69 Å². The lowest BCUT2D eigenvalue weighted by Gasteiger charge is -1.93. The molecule has 0 aliphatic heterocycles. The van der Waals surface area contributed by atoms with E-state index < -0.39 is 0 Å². The number of aryl methyl sites for hydroxylation is 1. The van der Waals surface area contributed by atoms with Crippen LogP contribution in [0, 0.1) is 6.92 Å². The largest absolute Gasteiger partial charge is 0.508 e. The van der Waals surface area contributed by atoms with Gasteiger partial charge in [-0.1, -0.05) is 24.3 Å². The van der Waals surface area contributed by atoms with Gasteiger partial charge in [-0.3, -0.25) is 0 Å². The smallest absolute Gasteiger partial charge is 0.118 e. The molecule has 0 aromatic heterocycles. The van der Waals surface area contributed by atoms with Gasteiger partial charge in [-0.2, -0.15) is 0 Å². The van der Waals surface area contributed by atoms with Crippen LogP contribution in [0.1, 0.15) is 5.56 Å². The van der Waals surface area contributed by atoms with Crippen LogP contribution in [0.2, 0.25) is 0 Å². The molecule has 0 unspecified atom stereocenters. The zero-order chi connectivity index (χ0) is 9.68. The SMILES string of the molecule is Cc1cc(N)ccccccc1O. The fourth-order valence-corrected chi connectivity index (χ4v) is 0.945. The van der Waals surface area contributed by atoms with E-state index in [4.69, 9.17) is 5.73 Å². The van der Waals surface area contributed by atoms with Crippen molar-refractivity contribution in [1.82, 2.24) is 0 Å². The summed E-state index contributed by atoms with van der Waals surface area (Å²) < 4.78 is 0. The highest BCUT2D eigenvalue weighted by molar-refractivity contribution is 5.41. The predicted molar refractivity (Wildman–Crippen MR) is 54.9 cm³/mol. The molecule has 1 rings (SSSR count). The molecule has 0 aliphatic rings. The van der Waals surface area contributed by atoms with Crippen LogP contribution in [-0.2, 0) is 0 Å². The second-order valence-corrected chi connectivity index (χ2v) is 2.82. The summed E-state index contributed by atoms with van der Waals surface area (Å²) in [5.41, 5.74) is 7.04. The van der Waals surface area contributed by atoms with Gasteiger partial charge in [0, 0.05) is 5.69 Å². The molecule has 0 atom stereocenters. The number of hydrogen-bond acceptors (Lipinski definition) is 2. The fourth-order valence-electron chi connectivity index (χ4n) is 0.945. The Kier molecular flexibility index (Phi) is 3.15. The van der Waals surface area contributed by atoms with Crippen LogP contribution in [0.4, 0.5) is 5.69 Å². The summed E-state index contributed by atoms with van der Waals surface area (Å²) in [6, 6.07) is 12.5. The monoisotopic (exact) mass is 175 g/mol. The molecule has 0 heterocycles. The van der Waals surface area contributed by atoms with Gasteiger partial charge in [-0.05, 0) is 30.7 Å². The van der Waals surface area contributed by atoms with Crippen molar-refractivity contribution in [3.63, 3.8) is 0 Å². The average molecular weight is 175 g/mol. The summed E-state index contributed by atoms with van der Waals surface area (Å²) in [5.74, 6) is 0.239. The second-order valence-electron chi connectivity index (χ2n) is 2.82. The molecule has 0 fully saturated rings. The van der Waals surface area contributed by atoms with Crippen LogP contribution in [-0.4, -0.2) is 5.11 Å². The third-order valence-corrected chi connectivity index (χ3v) is 1.66. The summed E-state index contributed by atoms with van der Waals surface area (Å²) in [4.78, 5) is 0. The Hall–Kier alpha value is -1.70. The van der Waals surface area contributed by atoms with E-state index in [-0.39, 0.29) is 5.75 Å². The Bertz CT molecular complexity index is 346. The summed E-state index contributed by atoms with van der Waals surface area (Å²) in [7, 11) is 0. The third-order valence-electron chi connectivity index (χ3n) is 1.66. The molecule has 68 valence electrons. The van der Waals surface area contributed by atoms with E-state index >= 15 is 0 Å². The summed E-state index contributed by atoms with van der Waals surface area (Å²) in [6.45, 7) is 1.81. The van der Waals surface area contributed by atoms with Crippen molar-refractivity contribution in [2.75, 3.05) is 5.73 Å². The highest BCUT2D eigenvalue weighted by atomic mass is 16.3. The minimum Gasteiger partial charge on any atom is -0.508 e. The molecule has 2 heteroatoms. The lowest BCUT2D eigenvalue weighted by atomic mass is 10.2. The van der Waals surface area contributed by atoms with Crippen LogP contribution in [0.25, 0.3) is 0 Å². The Morgan fingerprint density at radius 2 is 1.69 bits per heavy atom. The average Bonchev–Trinajstić information content (AvgIpc) is 2.09. The highest BCUT2D eigenvalue weighted by Gasteiger charge is 1.88. The summed E-state index contributed by atoms with van der Waals surface area (Å²) in [6.07, 6.45) is 0. The van der Waals surface area contributed by atoms with Crippen LogP contribution in [0.3, 0.4) is 0 Å². The van der Waals surface area contributed by atoms with Gasteiger partial charge in [0.15, 0.2) is 0 Å². The van der Waals surface area contributed by atoms with E-state index in [0.29, 0.717) is 5.69 Å². The fraction of sp³-hybridized carbons (Fsp3) is 0.0909. The topological polar surface area (TPSA) is 46.2 Å². The van der Waals surface area contributed by atoms with E-state index in [2.05, 4.69) is 0 Å². The Balaban J connectivity index is 3.37. The quantitative estimate of drug-likeness (QED) is 0.636. The molecule has 0 radical (unpaired) electrons. The Labute approximate surface area is 78.0 Å². The van der Waals surface area contributed by atoms with Gasteiger partial charge in [0.25, 0.3) is 0 Å². The molecule has 3 N–H and O–H groups in total. The maximum atomic E-state index is 9.45. The zero-order valence-electron chi connectivity index (χ0n) is 7.57. The van der Waals surface area contributed by atoms with Crippen molar-refractivity contribution in [2.45, 2.75) is 6.92 Å². The normalized spacial score (nSPS) is 9.00. The van der Waals surface area contributed by atoms with E-state index in [0.717, 1.165) is 5.56 Å². The number of nitrogen functional groups attached to an aromatic ring is 1. The minimum atomic E-state index is 0.239. The molecule has 0 aliphatic carbocycles. The first-order valence-corrected chi connectivity index (χ1v) is 4.08. The molecule has 0 saturated carbocycles. The van der Waals surface area contributed by atoms with Gasteiger partial charge >= 0.3 is 0 Å². The van der Waals surface area contributed by atoms with Gasteiger partial charge in [0.05, 0.1) is 0 Å². The number of hydrogen-bond donors (Lipinski definition) is 2. The van der Waals surface area contributed by atoms with Crippen LogP contribution in [0.15, 0.2) is 42.5 Å². The molecule has 1 aromatic rings. The molecule has 0 saturated heterocycles. The highest BCUT2D eigenvalue weighted by Crippen LogP contribution is 2.12. The van der Waals surface area contributed by atoms with Gasteiger partial charge in [-0.15, -0.1) is 0 Å². The predicted octanol–water partition coefficient (Wildman–Crippen LogP) is 2.41. The van der Waals surface area contributed by atoms with E-state index in [1.807, 2.05) is 25.1 Å². The summed E-state index contributed by atoms with van der Waals surface area (Å²) >= 11 is 0. The van der Waals surface area contributed by atoms with Gasteiger partial charge in [0.1, 0.15) is 5.75 Å². The van der Waals surface area contributed by atoms with Crippen molar-refractivity contribution < 1.29 is 5.11 Å². The van der Waals surface area contributed by atoms with Gasteiger partial charge in [-0.25, -0.2) is 0 Å². The lowest BCUT2D eigenvalue weighted by molar-refractivity contribution is 0.471. The zero-order valence-corrected chi connectivity index (χ0v) is 7.57. The van der Waals surface area contributed by atoms with Crippen molar-refractivity contribution in [3.05, 3.63) is 48.0 Å². The van der Waals surface area contributed by atoms with E-state index in [1.54, 1.807) is 24.3 Å². The van der Waals surface area contributed by atoms with Gasteiger partial charge in [0.2, 0.25) is 0 Å². The van der Waals surface area contributed by atoms with Gasteiger partial charge < -0.3 is 10.8 Å². The third kappa shape index (κ3) is 3.03. The van der Waals surface area contributed by atoms with Crippen LogP contribution < -0.4 is 5.73 Å². The van der Waals surface area contributed by atoms with E-state index in [1.165, 1.54) is 0 Å². The molecular formula is C11H13NO. The summed E-state index contributed by atoms with van der Waals surface area (Å²) in [5, 5.41) is 9.45. The first-order valence-electron chi connectivity index (χ1n) is 4.08. The molecular weight excluding hydrogens is 162 g/mol. The van der Waals surface area contributed by atoms with E-state index in [9.17, 15) is 5.11 Å². The maximum absolute atomic E-state index is 9.45. The molecule has 0 amide bonds. The van der Waals surface area contributed by atoms with Crippen LogP contribution in [0.5, 0.6) is 5.75 Å². The van der Waals surface area contributed by atoms with Crippen LogP contribution >= 0.6 is 0 Å². The maximum Gasteiger partial charge on any atom is 0.118 e. The number of anilines is 1. The lowest BCUT2D eigenvalue weighted by Crippen LogP contribution is -1.81. The standard InChI is InChI=1S/C11H13NO/c1-9-8-10(12)6-4-2-3-5-7-11(9)13/h2-8,13H,12H2,1H3. The number of aromatic hydroxyl groups is 1. The number of rotatable bonds is 0. The molecule has 0 spiro atoms. The second kappa shape index (κ2) is 4.36. The van der Waals surface area contributed by atoms with Crippen molar-refractivity contribution in [3.8, 4) is 5.75 Å². The number of nitrogens with two attached hydrogens (primary N) is 1. The minimum absolute atomic E-state index is 0.239. The Morgan fingerprint density at radius 1 is 1.08 bits per heavy atom.